The van der Waals surface area contributed by atoms with Crippen molar-refractivity contribution in [3.8, 4) is 0 Å². The first-order valence-electron chi connectivity index (χ1n) is 8.68. The van der Waals surface area contributed by atoms with Crippen molar-refractivity contribution in [2.45, 2.75) is 38.5 Å². The van der Waals surface area contributed by atoms with Crippen molar-refractivity contribution >= 4 is 11.6 Å². The summed E-state index contributed by atoms with van der Waals surface area (Å²) in [6.07, 6.45) is 5.37. The Bertz CT molecular complexity index is 857. The second-order valence-corrected chi connectivity index (χ2v) is 6.80. The molecular weight excluding hydrogens is 318 g/mol. The molecule has 7 nitrogen and oxygen atoms in total. The Labute approximate surface area is 145 Å². The molecule has 1 aliphatic rings. The topological polar surface area (TPSA) is 76.5 Å². The third-order valence-electron chi connectivity index (χ3n) is 4.68. The Morgan fingerprint density at radius 3 is 2.72 bits per heavy atom. The summed E-state index contributed by atoms with van der Waals surface area (Å²) < 4.78 is 7.17. The number of piperidine rings is 1. The summed E-state index contributed by atoms with van der Waals surface area (Å²) in [5.41, 5.74) is 1.28. The van der Waals surface area contributed by atoms with Crippen LogP contribution in [-0.2, 0) is 0 Å². The molecule has 1 amide bonds. The van der Waals surface area contributed by atoms with Crippen LogP contribution in [0.1, 0.15) is 60.7 Å². The lowest BCUT2D eigenvalue weighted by Crippen LogP contribution is -2.38. The Morgan fingerprint density at radius 1 is 1.24 bits per heavy atom. The number of hydrogen-bond donors (Lipinski definition) is 0. The number of hydrogen-bond acceptors (Lipinski definition) is 5. The molecule has 3 aromatic heterocycles. The zero-order chi connectivity index (χ0) is 17.4. The van der Waals surface area contributed by atoms with E-state index in [1.165, 1.54) is 0 Å². The lowest BCUT2D eigenvalue weighted by atomic mass is 9.96. The number of likely N-dealkylation sites (tertiary alicyclic amines) is 1. The molecule has 0 spiro atoms. The fraction of sp³-hybridized carbons (Fsp3) is 0.444. The summed E-state index contributed by atoms with van der Waals surface area (Å²) in [7, 11) is 0. The first-order valence-corrected chi connectivity index (χ1v) is 8.68. The van der Waals surface area contributed by atoms with Gasteiger partial charge in [-0.05, 0) is 25.0 Å². The van der Waals surface area contributed by atoms with Gasteiger partial charge in [0.2, 0.25) is 5.89 Å². The van der Waals surface area contributed by atoms with E-state index in [-0.39, 0.29) is 17.7 Å². The van der Waals surface area contributed by atoms with Crippen LogP contribution in [0.5, 0.6) is 0 Å². The summed E-state index contributed by atoms with van der Waals surface area (Å²) in [5, 5.41) is 4.11. The Balaban J connectivity index is 1.43. The van der Waals surface area contributed by atoms with Gasteiger partial charge in [0.1, 0.15) is 11.3 Å². The van der Waals surface area contributed by atoms with E-state index in [0.717, 1.165) is 24.3 Å². The Kier molecular flexibility index (Phi) is 3.99. The molecule has 130 valence electrons. The Hall–Kier alpha value is -2.70. The van der Waals surface area contributed by atoms with Crippen LogP contribution in [-0.4, -0.2) is 43.4 Å². The molecule has 0 atom stereocenters. The quantitative estimate of drug-likeness (QED) is 0.733. The molecule has 0 unspecified atom stereocenters. The molecule has 0 N–H and O–H groups in total. The van der Waals surface area contributed by atoms with Gasteiger partial charge in [-0.15, -0.1) is 0 Å². The molecule has 7 heteroatoms. The monoisotopic (exact) mass is 339 g/mol. The normalized spacial score (nSPS) is 16.0. The largest absolute Gasteiger partial charge is 0.339 e. The average molecular weight is 339 g/mol. The van der Waals surface area contributed by atoms with Crippen LogP contribution in [0, 0.1) is 0 Å². The fourth-order valence-electron chi connectivity index (χ4n) is 3.19. The minimum absolute atomic E-state index is 0.0156. The molecule has 1 fully saturated rings. The first-order chi connectivity index (χ1) is 12.1. The second-order valence-electron chi connectivity index (χ2n) is 6.80. The predicted molar refractivity (Wildman–Crippen MR) is 91.5 cm³/mol. The van der Waals surface area contributed by atoms with Crippen molar-refractivity contribution in [3.05, 3.63) is 48.0 Å². The molecule has 1 saturated heterocycles. The van der Waals surface area contributed by atoms with Crippen LogP contribution in [0.25, 0.3) is 5.65 Å². The van der Waals surface area contributed by atoms with Gasteiger partial charge in [-0.3, -0.25) is 4.79 Å². The van der Waals surface area contributed by atoms with Crippen molar-refractivity contribution in [1.82, 2.24) is 24.4 Å². The highest BCUT2D eigenvalue weighted by atomic mass is 16.5. The highest BCUT2D eigenvalue weighted by Gasteiger charge is 2.28. The van der Waals surface area contributed by atoms with Crippen molar-refractivity contribution in [2.24, 2.45) is 0 Å². The number of carbonyl (C=O) groups excluding carboxylic acids is 1. The number of rotatable bonds is 3. The van der Waals surface area contributed by atoms with Crippen molar-refractivity contribution in [3.63, 3.8) is 0 Å². The van der Waals surface area contributed by atoms with Crippen LogP contribution in [0.3, 0.4) is 0 Å². The van der Waals surface area contributed by atoms with Gasteiger partial charge in [-0.2, -0.15) is 4.98 Å². The van der Waals surface area contributed by atoms with Gasteiger partial charge in [0, 0.05) is 37.3 Å². The maximum Gasteiger partial charge on any atom is 0.274 e. The summed E-state index contributed by atoms with van der Waals surface area (Å²) in [6, 6.07) is 5.73. The van der Waals surface area contributed by atoms with Gasteiger partial charge < -0.3 is 13.8 Å². The minimum Gasteiger partial charge on any atom is -0.339 e. The summed E-state index contributed by atoms with van der Waals surface area (Å²) in [6.45, 7) is 5.44. The van der Waals surface area contributed by atoms with Crippen LogP contribution < -0.4 is 0 Å². The van der Waals surface area contributed by atoms with Gasteiger partial charge in [-0.25, -0.2) is 4.98 Å². The standard InChI is InChI=1S/C18H21N5O2/c1-12(2)17-20-16(21-25-17)13-6-9-22(10-7-13)18(24)14-11-23-8-4-3-5-15(23)19-14/h3-5,8,11-13H,6-7,9-10H2,1-2H3. The van der Waals surface area contributed by atoms with E-state index in [1.807, 2.05) is 47.5 Å². The van der Waals surface area contributed by atoms with E-state index < -0.39 is 0 Å². The van der Waals surface area contributed by atoms with Gasteiger partial charge >= 0.3 is 0 Å². The molecule has 0 radical (unpaired) electrons. The van der Waals surface area contributed by atoms with Crippen LogP contribution in [0.2, 0.25) is 0 Å². The number of pyridine rings is 1. The lowest BCUT2D eigenvalue weighted by molar-refractivity contribution is 0.0705. The van der Waals surface area contributed by atoms with E-state index in [1.54, 1.807) is 6.20 Å². The molecule has 0 aromatic carbocycles. The summed E-state index contributed by atoms with van der Waals surface area (Å²) >= 11 is 0. The first kappa shape index (κ1) is 15.8. The number of aromatic nitrogens is 4. The van der Waals surface area contributed by atoms with Crippen LogP contribution in [0.4, 0.5) is 0 Å². The van der Waals surface area contributed by atoms with Gasteiger partial charge in [0.25, 0.3) is 5.91 Å². The van der Waals surface area contributed by atoms with E-state index in [4.69, 9.17) is 4.52 Å². The second kappa shape index (κ2) is 6.31. The van der Waals surface area contributed by atoms with E-state index in [9.17, 15) is 4.79 Å². The summed E-state index contributed by atoms with van der Waals surface area (Å²) in [4.78, 5) is 23.5. The number of amides is 1. The fourth-order valence-corrected chi connectivity index (χ4v) is 3.19. The molecule has 4 heterocycles. The van der Waals surface area contributed by atoms with Crippen molar-refractivity contribution < 1.29 is 9.32 Å². The maximum atomic E-state index is 12.7. The molecular formula is C18H21N5O2. The van der Waals surface area contributed by atoms with Gasteiger partial charge in [-0.1, -0.05) is 25.1 Å². The maximum absolute atomic E-state index is 12.7. The SMILES string of the molecule is CC(C)c1nc(C2CCN(C(=O)c3cn4ccccc4n3)CC2)no1. The third-order valence-corrected chi connectivity index (χ3v) is 4.68. The van der Waals surface area contributed by atoms with E-state index in [2.05, 4.69) is 15.1 Å². The number of nitrogens with zero attached hydrogens (tertiary/aromatic N) is 5. The Morgan fingerprint density at radius 2 is 2.04 bits per heavy atom. The molecule has 0 bridgehead atoms. The number of imidazole rings is 1. The highest BCUT2D eigenvalue weighted by Crippen LogP contribution is 2.27. The zero-order valence-electron chi connectivity index (χ0n) is 14.4. The van der Waals surface area contributed by atoms with Gasteiger partial charge in [0.15, 0.2) is 5.82 Å². The van der Waals surface area contributed by atoms with Crippen molar-refractivity contribution in [2.75, 3.05) is 13.1 Å². The predicted octanol–water partition coefficient (Wildman–Crippen LogP) is 2.86. The number of fused-ring (bicyclic) bond motifs is 1. The molecule has 4 rings (SSSR count). The minimum atomic E-state index is -0.0156. The summed E-state index contributed by atoms with van der Waals surface area (Å²) in [5.74, 6) is 1.92. The zero-order valence-corrected chi connectivity index (χ0v) is 14.4. The molecule has 0 aliphatic carbocycles. The van der Waals surface area contributed by atoms with Crippen LogP contribution >= 0.6 is 0 Å². The molecule has 3 aromatic rings. The molecule has 0 saturated carbocycles. The lowest BCUT2D eigenvalue weighted by Gasteiger charge is -2.30. The van der Waals surface area contributed by atoms with Crippen molar-refractivity contribution in [1.29, 1.82) is 0 Å². The smallest absolute Gasteiger partial charge is 0.274 e. The van der Waals surface area contributed by atoms with E-state index >= 15 is 0 Å². The molecule has 1 aliphatic heterocycles. The molecule has 25 heavy (non-hydrogen) atoms. The number of carbonyl (C=O) groups is 1. The highest BCUT2D eigenvalue weighted by molar-refractivity contribution is 5.93. The third kappa shape index (κ3) is 3.01. The van der Waals surface area contributed by atoms with Gasteiger partial charge in [0.05, 0.1) is 0 Å². The van der Waals surface area contributed by atoms with E-state index in [0.29, 0.717) is 24.7 Å². The van der Waals surface area contributed by atoms with Crippen LogP contribution in [0.15, 0.2) is 35.1 Å². The average Bonchev–Trinajstić information content (AvgIpc) is 3.28.